The predicted molar refractivity (Wildman–Crippen MR) is 54.6 cm³/mol. The van der Waals surface area contributed by atoms with Gasteiger partial charge in [0, 0.05) is 13.0 Å². The van der Waals surface area contributed by atoms with Crippen molar-refractivity contribution < 1.29 is 9.59 Å². The Morgan fingerprint density at radius 3 is 2.50 bits per heavy atom. The quantitative estimate of drug-likeness (QED) is 0.536. The Hall–Kier alpha value is -1.10. The molecule has 0 bridgehead atoms. The maximum atomic E-state index is 11.5. The summed E-state index contributed by atoms with van der Waals surface area (Å²) in [6, 6.07) is 0. The first kappa shape index (κ1) is 12.9. The number of hydrogen-bond donors (Lipinski definition) is 2. The van der Waals surface area contributed by atoms with Crippen LogP contribution in [0.2, 0.25) is 0 Å². The van der Waals surface area contributed by atoms with Gasteiger partial charge in [-0.15, -0.1) is 0 Å². The largest absolute Gasteiger partial charge is 0.368 e. The molecule has 0 aliphatic rings. The minimum Gasteiger partial charge on any atom is -0.368 e. The third-order valence-corrected chi connectivity index (χ3v) is 1.90. The lowest BCUT2D eigenvalue weighted by atomic mass is 10.2. The topological polar surface area (TPSA) is 75.4 Å². The SMILES string of the molecule is CCN(CC(N)=O)C(=O)CCCNC. The third-order valence-electron chi connectivity index (χ3n) is 1.90. The normalized spacial score (nSPS) is 9.86. The van der Waals surface area contributed by atoms with Crippen LogP contribution < -0.4 is 11.1 Å². The third kappa shape index (κ3) is 5.53. The van der Waals surface area contributed by atoms with E-state index in [1.807, 2.05) is 14.0 Å². The fourth-order valence-corrected chi connectivity index (χ4v) is 1.14. The Morgan fingerprint density at radius 2 is 2.07 bits per heavy atom. The molecule has 0 rings (SSSR count). The van der Waals surface area contributed by atoms with Crippen LogP contribution in [0.4, 0.5) is 0 Å². The van der Waals surface area contributed by atoms with E-state index in [0.29, 0.717) is 13.0 Å². The zero-order valence-corrected chi connectivity index (χ0v) is 8.88. The zero-order chi connectivity index (χ0) is 11.0. The average Bonchev–Trinajstić information content (AvgIpc) is 2.14. The van der Waals surface area contributed by atoms with Crippen molar-refractivity contribution in [2.45, 2.75) is 19.8 Å². The molecule has 0 spiro atoms. The Morgan fingerprint density at radius 1 is 1.43 bits per heavy atom. The lowest BCUT2D eigenvalue weighted by Crippen LogP contribution is -2.38. The molecule has 0 saturated heterocycles. The Labute approximate surface area is 84.6 Å². The van der Waals surface area contributed by atoms with Gasteiger partial charge in [-0.3, -0.25) is 9.59 Å². The van der Waals surface area contributed by atoms with Gasteiger partial charge in [-0.2, -0.15) is 0 Å². The highest BCUT2D eigenvalue weighted by Crippen LogP contribution is 1.96. The molecule has 0 heterocycles. The molecular weight excluding hydrogens is 182 g/mol. The summed E-state index contributed by atoms with van der Waals surface area (Å²) in [5.41, 5.74) is 5.02. The van der Waals surface area contributed by atoms with Gasteiger partial charge in [-0.25, -0.2) is 0 Å². The number of carbonyl (C=O) groups excluding carboxylic acids is 2. The monoisotopic (exact) mass is 201 g/mol. The molecule has 0 aromatic carbocycles. The van der Waals surface area contributed by atoms with Crippen LogP contribution in [0.15, 0.2) is 0 Å². The van der Waals surface area contributed by atoms with Gasteiger partial charge in [0.05, 0.1) is 6.54 Å². The summed E-state index contributed by atoms with van der Waals surface area (Å²) in [6.07, 6.45) is 1.24. The molecule has 3 N–H and O–H groups in total. The number of nitrogens with zero attached hydrogens (tertiary/aromatic N) is 1. The fourth-order valence-electron chi connectivity index (χ4n) is 1.14. The van der Waals surface area contributed by atoms with Crippen molar-refractivity contribution in [3.8, 4) is 0 Å². The molecule has 0 aliphatic heterocycles. The first-order valence-corrected chi connectivity index (χ1v) is 4.82. The van der Waals surface area contributed by atoms with Crippen LogP contribution >= 0.6 is 0 Å². The van der Waals surface area contributed by atoms with Gasteiger partial charge in [0.2, 0.25) is 11.8 Å². The van der Waals surface area contributed by atoms with E-state index in [4.69, 9.17) is 5.73 Å². The van der Waals surface area contributed by atoms with Gasteiger partial charge in [-0.1, -0.05) is 0 Å². The summed E-state index contributed by atoms with van der Waals surface area (Å²) < 4.78 is 0. The average molecular weight is 201 g/mol. The van der Waals surface area contributed by atoms with Crippen LogP contribution in [0.3, 0.4) is 0 Å². The molecule has 0 aromatic rings. The first-order valence-electron chi connectivity index (χ1n) is 4.82. The van der Waals surface area contributed by atoms with Crippen LogP contribution in [0, 0.1) is 0 Å². The first-order chi connectivity index (χ1) is 6.61. The van der Waals surface area contributed by atoms with Crippen LogP contribution in [-0.2, 0) is 9.59 Å². The molecule has 0 unspecified atom stereocenters. The fraction of sp³-hybridized carbons (Fsp3) is 0.778. The van der Waals surface area contributed by atoms with E-state index in [1.165, 1.54) is 4.90 Å². The van der Waals surface area contributed by atoms with E-state index in [0.717, 1.165) is 13.0 Å². The summed E-state index contributed by atoms with van der Waals surface area (Å²) >= 11 is 0. The van der Waals surface area contributed by atoms with Gasteiger partial charge in [-0.05, 0) is 26.9 Å². The van der Waals surface area contributed by atoms with E-state index in [-0.39, 0.29) is 12.5 Å². The molecule has 14 heavy (non-hydrogen) atoms. The number of nitrogens with two attached hydrogens (primary N) is 1. The van der Waals surface area contributed by atoms with Gasteiger partial charge in [0.15, 0.2) is 0 Å². The van der Waals surface area contributed by atoms with E-state index < -0.39 is 5.91 Å². The molecule has 0 saturated carbocycles. The molecular formula is C9H19N3O2. The van der Waals surface area contributed by atoms with Crippen molar-refractivity contribution in [1.82, 2.24) is 10.2 Å². The second-order valence-corrected chi connectivity index (χ2v) is 3.08. The number of nitrogens with one attached hydrogen (secondary N) is 1. The number of likely N-dealkylation sites (N-methyl/N-ethyl adjacent to an activating group) is 1. The number of carbonyl (C=O) groups is 2. The summed E-state index contributed by atoms with van der Waals surface area (Å²) in [4.78, 5) is 23.6. The molecule has 0 aromatic heterocycles. The molecule has 0 aliphatic carbocycles. The highest BCUT2D eigenvalue weighted by Gasteiger charge is 2.12. The molecule has 0 atom stereocenters. The zero-order valence-electron chi connectivity index (χ0n) is 8.88. The van der Waals surface area contributed by atoms with Crippen LogP contribution in [0.5, 0.6) is 0 Å². The molecule has 0 radical (unpaired) electrons. The molecule has 0 fully saturated rings. The highest BCUT2D eigenvalue weighted by atomic mass is 16.2. The second-order valence-electron chi connectivity index (χ2n) is 3.08. The van der Waals surface area contributed by atoms with Crippen LogP contribution in [0.1, 0.15) is 19.8 Å². The number of amides is 2. The summed E-state index contributed by atoms with van der Waals surface area (Å²) in [5.74, 6) is -0.477. The predicted octanol–water partition coefficient (Wildman–Crippen LogP) is -0.680. The van der Waals surface area contributed by atoms with Crippen molar-refractivity contribution in [3.63, 3.8) is 0 Å². The summed E-state index contributed by atoms with van der Waals surface area (Å²) in [5, 5.41) is 2.96. The lowest BCUT2D eigenvalue weighted by molar-refractivity contribution is -0.135. The minimum atomic E-state index is -0.464. The maximum Gasteiger partial charge on any atom is 0.237 e. The lowest BCUT2D eigenvalue weighted by Gasteiger charge is -2.18. The Balaban J connectivity index is 3.85. The number of hydrogen-bond acceptors (Lipinski definition) is 3. The van der Waals surface area contributed by atoms with E-state index in [9.17, 15) is 9.59 Å². The second kappa shape index (κ2) is 7.32. The Bertz CT molecular complexity index is 194. The van der Waals surface area contributed by atoms with E-state index >= 15 is 0 Å². The van der Waals surface area contributed by atoms with Gasteiger partial charge in [0.25, 0.3) is 0 Å². The van der Waals surface area contributed by atoms with Crippen molar-refractivity contribution in [2.24, 2.45) is 5.73 Å². The van der Waals surface area contributed by atoms with Crippen LogP contribution in [-0.4, -0.2) is 43.4 Å². The molecule has 82 valence electrons. The van der Waals surface area contributed by atoms with E-state index in [1.54, 1.807) is 0 Å². The Kier molecular flexibility index (Phi) is 6.74. The standard InChI is InChI=1S/C9H19N3O2/c1-3-12(7-8(10)13)9(14)5-4-6-11-2/h11H,3-7H2,1-2H3,(H2,10,13). The summed E-state index contributed by atoms with van der Waals surface area (Å²) in [7, 11) is 1.84. The van der Waals surface area contributed by atoms with Gasteiger partial charge < -0.3 is 16.0 Å². The molecule has 5 heteroatoms. The highest BCUT2D eigenvalue weighted by molar-refractivity contribution is 5.83. The van der Waals surface area contributed by atoms with Gasteiger partial charge >= 0.3 is 0 Å². The van der Waals surface area contributed by atoms with Crippen molar-refractivity contribution >= 4 is 11.8 Å². The minimum absolute atomic E-state index is 0.0125. The van der Waals surface area contributed by atoms with Gasteiger partial charge in [0.1, 0.15) is 0 Å². The number of primary amides is 1. The summed E-state index contributed by atoms with van der Waals surface area (Å²) in [6.45, 7) is 3.19. The van der Waals surface area contributed by atoms with Crippen molar-refractivity contribution in [1.29, 1.82) is 0 Å². The smallest absolute Gasteiger partial charge is 0.237 e. The van der Waals surface area contributed by atoms with Crippen LogP contribution in [0.25, 0.3) is 0 Å². The van der Waals surface area contributed by atoms with Crippen molar-refractivity contribution in [3.05, 3.63) is 0 Å². The molecule has 2 amide bonds. The van der Waals surface area contributed by atoms with Crippen molar-refractivity contribution in [2.75, 3.05) is 26.7 Å². The van der Waals surface area contributed by atoms with E-state index in [2.05, 4.69) is 5.32 Å². The molecule has 5 nitrogen and oxygen atoms in total. The maximum absolute atomic E-state index is 11.5. The number of rotatable bonds is 7.